The number of nitrogens with one attached hydrogen (secondary N) is 1. The Balaban J connectivity index is 1.50. The Morgan fingerprint density at radius 3 is 2.59 bits per heavy atom. The Kier molecular flexibility index (Phi) is 4.89. The molecular formula is C21H19N5S. The smallest absolute Gasteiger partial charge is 0.130 e. The zero-order valence-electron chi connectivity index (χ0n) is 15.2. The van der Waals surface area contributed by atoms with Gasteiger partial charge in [-0.3, -0.25) is 4.98 Å². The summed E-state index contributed by atoms with van der Waals surface area (Å²) in [5.41, 5.74) is 5.25. The number of pyridine rings is 1. The molecule has 0 spiro atoms. The molecule has 1 aromatic carbocycles. The maximum absolute atomic E-state index is 4.68. The van der Waals surface area contributed by atoms with E-state index in [9.17, 15) is 0 Å². The van der Waals surface area contributed by atoms with Crippen LogP contribution >= 0.6 is 11.3 Å². The second-order valence-electron chi connectivity index (χ2n) is 6.29. The lowest BCUT2D eigenvalue weighted by Crippen LogP contribution is -2.04. The van der Waals surface area contributed by atoms with Gasteiger partial charge in [0.1, 0.15) is 16.6 Å². The van der Waals surface area contributed by atoms with Crippen LogP contribution in [-0.4, -0.2) is 19.9 Å². The van der Waals surface area contributed by atoms with E-state index in [1.807, 2.05) is 31.3 Å². The number of aromatic nitrogens is 4. The quantitative estimate of drug-likeness (QED) is 0.539. The van der Waals surface area contributed by atoms with Gasteiger partial charge in [-0.1, -0.05) is 29.8 Å². The van der Waals surface area contributed by atoms with Gasteiger partial charge in [-0.15, -0.1) is 11.3 Å². The van der Waals surface area contributed by atoms with E-state index in [0.29, 0.717) is 6.54 Å². The molecule has 3 aromatic heterocycles. The normalized spacial score (nSPS) is 10.7. The SMILES string of the molecule is Cc1ccc(-c2cc(NCc3csc(-c4cccnc4)n3)nc(C)n2)cc1. The molecule has 0 bridgehead atoms. The largest absolute Gasteiger partial charge is 0.364 e. The third-order valence-corrected chi connectivity index (χ3v) is 5.04. The van der Waals surface area contributed by atoms with Crippen LogP contribution in [0.3, 0.4) is 0 Å². The minimum absolute atomic E-state index is 0.612. The van der Waals surface area contributed by atoms with Gasteiger partial charge in [-0.05, 0) is 26.0 Å². The van der Waals surface area contributed by atoms with E-state index >= 15 is 0 Å². The summed E-state index contributed by atoms with van der Waals surface area (Å²) < 4.78 is 0. The first-order valence-corrected chi connectivity index (χ1v) is 9.57. The van der Waals surface area contributed by atoms with E-state index in [4.69, 9.17) is 0 Å². The van der Waals surface area contributed by atoms with E-state index in [1.165, 1.54) is 5.56 Å². The molecule has 1 N–H and O–H groups in total. The van der Waals surface area contributed by atoms with Gasteiger partial charge in [0.2, 0.25) is 0 Å². The molecule has 134 valence electrons. The Bertz CT molecular complexity index is 1040. The average Bonchev–Trinajstić information content (AvgIpc) is 3.16. The summed E-state index contributed by atoms with van der Waals surface area (Å²) in [5, 5.41) is 6.40. The van der Waals surface area contributed by atoms with Crippen LogP contribution in [0.4, 0.5) is 5.82 Å². The number of thiazole rings is 1. The van der Waals surface area contributed by atoms with E-state index in [-0.39, 0.29) is 0 Å². The first kappa shape index (κ1) is 17.3. The Morgan fingerprint density at radius 1 is 0.963 bits per heavy atom. The summed E-state index contributed by atoms with van der Waals surface area (Å²) in [6, 6.07) is 14.3. The van der Waals surface area contributed by atoms with Crippen molar-refractivity contribution >= 4 is 17.2 Å². The highest BCUT2D eigenvalue weighted by atomic mass is 32.1. The summed E-state index contributed by atoms with van der Waals surface area (Å²) >= 11 is 1.62. The minimum Gasteiger partial charge on any atom is -0.364 e. The highest BCUT2D eigenvalue weighted by Gasteiger charge is 2.07. The minimum atomic E-state index is 0.612. The van der Waals surface area contributed by atoms with Crippen LogP contribution in [-0.2, 0) is 6.54 Å². The molecule has 0 aliphatic rings. The Labute approximate surface area is 162 Å². The zero-order chi connectivity index (χ0) is 18.6. The lowest BCUT2D eigenvalue weighted by molar-refractivity contribution is 1.01. The van der Waals surface area contributed by atoms with Crippen molar-refractivity contribution in [1.29, 1.82) is 0 Å². The van der Waals surface area contributed by atoms with Gasteiger partial charge in [0.25, 0.3) is 0 Å². The molecule has 0 saturated heterocycles. The van der Waals surface area contributed by atoms with Gasteiger partial charge in [0.05, 0.1) is 17.9 Å². The first-order valence-electron chi connectivity index (χ1n) is 8.69. The lowest BCUT2D eigenvalue weighted by atomic mass is 10.1. The van der Waals surface area contributed by atoms with Crippen molar-refractivity contribution in [1.82, 2.24) is 19.9 Å². The second kappa shape index (κ2) is 7.63. The number of benzene rings is 1. The maximum atomic E-state index is 4.68. The number of nitrogens with zero attached hydrogens (tertiary/aromatic N) is 4. The van der Waals surface area contributed by atoms with Crippen molar-refractivity contribution in [3.8, 4) is 21.8 Å². The molecule has 0 radical (unpaired) electrons. The Hall–Kier alpha value is -3.12. The molecule has 0 saturated carbocycles. The summed E-state index contributed by atoms with van der Waals surface area (Å²) in [4.78, 5) is 17.9. The van der Waals surface area contributed by atoms with Crippen LogP contribution in [0.2, 0.25) is 0 Å². The van der Waals surface area contributed by atoms with Crippen molar-refractivity contribution < 1.29 is 0 Å². The molecule has 0 amide bonds. The molecule has 0 aliphatic carbocycles. The fraction of sp³-hybridized carbons (Fsp3) is 0.143. The van der Waals surface area contributed by atoms with Crippen molar-refractivity contribution in [3.05, 3.63) is 77.3 Å². The second-order valence-corrected chi connectivity index (χ2v) is 7.15. The van der Waals surface area contributed by atoms with Crippen molar-refractivity contribution in [3.63, 3.8) is 0 Å². The molecule has 0 unspecified atom stereocenters. The third kappa shape index (κ3) is 4.17. The van der Waals surface area contributed by atoms with Crippen LogP contribution in [0.1, 0.15) is 17.1 Å². The van der Waals surface area contributed by atoms with Gasteiger partial charge in [0.15, 0.2) is 0 Å². The van der Waals surface area contributed by atoms with Gasteiger partial charge in [-0.25, -0.2) is 15.0 Å². The van der Waals surface area contributed by atoms with Crippen LogP contribution in [0.5, 0.6) is 0 Å². The fourth-order valence-electron chi connectivity index (χ4n) is 2.72. The van der Waals surface area contributed by atoms with Crippen molar-refractivity contribution in [2.45, 2.75) is 20.4 Å². The predicted molar refractivity (Wildman–Crippen MR) is 110 cm³/mol. The standard InChI is InChI=1S/C21H19N5S/c1-14-5-7-16(8-6-14)19-10-20(25-15(2)24-19)23-12-18-13-27-21(26-18)17-4-3-9-22-11-17/h3-11,13H,12H2,1-2H3,(H,23,24,25). The van der Waals surface area contributed by atoms with Gasteiger partial charge in [0, 0.05) is 35.0 Å². The molecule has 27 heavy (non-hydrogen) atoms. The van der Waals surface area contributed by atoms with Crippen molar-refractivity contribution in [2.75, 3.05) is 5.32 Å². The monoisotopic (exact) mass is 373 g/mol. The number of hydrogen-bond donors (Lipinski definition) is 1. The Morgan fingerprint density at radius 2 is 1.81 bits per heavy atom. The molecular weight excluding hydrogens is 354 g/mol. The van der Waals surface area contributed by atoms with Crippen LogP contribution in [0.25, 0.3) is 21.8 Å². The molecule has 0 atom stereocenters. The molecule has 3 heterocycles. The average molecular weight is 373 g/mol. The topological polar surface area (TPSA) is 63.6 Å². The van der Waals surface area contributed by atoms with E-state index in [0.717, 1.165) is 39.2 Å². The van der Waals surface area contributed by atoms with E-state index < -0.39 is 0 Å². The number of rotatable bonds is 5. The number of hydrogen-bond acceptors (Lipinski definition) is 6. The summed E-state index contributed by atoms with van der Waals surface area (Å²) in [7, 11) is 0. The maximum Gasteiger partial charge on any atom is 0.130 e. The number of aryl methyl sites for hydroxylation is 2. The number of anilines is 1. The summed E-state index contributed by atoms with van der Waals surface area (Å²) in [6.07, 6.45) is 3.60. The van der Waals surface area contributed by atoms with Gasteiger partial charge in [-0.2, -0.15) is 0 Å². The van der Waals surface area contributed by atoms with Crippen LogP contribution in [0.15, 0.2) is 60.2 Å². The zero-order valence-corrected chi connectivity index (χ0v) is 16.0. The highest BCUT2D eigenvalue weighted by molar-refractivity contribution is 7.13. The summed E-state index contributed by atoms with van der Waals surface area (Å²) in [6.45, 7) is 4.60. The van der Waals surface area contributed by atoms with Crippen molar-refractivity contribution in [2.24, 2.45) is 0 Å². The lowest BCUT2D eigenvalue weighted by Gasteiger charge is -2.08. The molecule has 4 rings (SSSR count). The molecule has 5 nitrogen and oxygen atoms in total. The van der Waals surface area contributed by atoms with E-state index in [1.54, 1.807) is 17.5 Å². The predicted octanol–water partition coefficient (Wildman–Crippen LogP) is 4.89. The molecule has 0 aliphatic heterocycles. The van der Waals surface area contributed by atoms with Gasteiger partial charge >= 0.3 is 0 Å². The van der Waals surface area contributed by atoms with Gasteiger partial charge < -0.3 is 5.32 Å². The molecule has 4 aromatic rings. The highest BCUT2D eigenvalue weighted by Crippen LogP contribution is 2.24. The molecule has 0 fully saturated rings. The van der Waals surface area contributed by atoms with Crippen LogP contribution in [0, 0.1) is 13.8 Å². The van der Waals surface area contributed by atoms with E-state index in [2.05, 4.69) is 61.8 Å². The third-order valence-electron chi connectivity index (χ3n) is 4.10. The summed E-state index contributed by atoms with van der Waals surface area (Å²) in [5.74, 6) is 1.54. The van der Waals surface area contributed by atoms with Crippen LogP contribution < -0.4 is 5.32 Å². The fourth-order valence-corrected chi connectivity index (χ4v) is 3.53. The molecule has 6 heteroatoms. The first-order chi connectivity index (χ1) is 13.2.